The molecule has 2 aromatic carbocycles. The minimum Gasteiger partial charge on any atom is -0.403 e. The Labute approximate surface area is 298 Å². The van der Waals surface area contributed by atoms with E-state index in [0.717, 1.165) is 17.1 Å². The van der Waals surface area contributed by atoms with Crippen molar-refractivity contribution in [1.82, 2.24) is 19.6 Å². The Morgan fingerprint density at radius 2 is 1.04 bits per heavy atom. The maximum atomic E-state index is 14.2. The maximum absolute atomic E-state index is 14.2. The molecule has 0 bridgehead atoms. The molecule has 0 aliphatic rings. The molecule has 26 heteroatoms. The van der Waals surface area contributed by atoms with Gasteiger partial charge in [0, 0.05) is 34.2 Å². The van der Waals surface area contributed by atoms with Crippen molar-refractivity contribution in [3.63, 3.8) is 0 Å². The number of ether oxygens (including phenoxy) is 1. The molecule has 4 aromatic rings. The van der Waals surface area contributed by atoms with Crippen LogP contribution in [-0.4, -0.2) is 50.6 Å². The van der Waals surface area contributed by atoms with Gasteiger partial charge in [-0.05, 0) is 62.2 Å². The third-order valence-electron chi connectivity index (χ3n) is 6.14. The van der Waals surface area contributed by atoms with Gasteiger partial charge in [-0.25, -0.2) is 18.1 Å². The van der Waals surface area contributed by atoms with Crippen molar-refractivity contribution < 1.29 is 79.4 Å². The lowest BCUT2D eigenvalue weighted by Crippen LogP contribution is -2.50. The molecule has 2 aromatic heterocycles. The molecule has 0 radical (unpaired) electrons. The van der Waals surface area contributed by atoms with Gasteiger partial charge in [-0.3, -0.25) is 0 Å². The van der Waals surface area contributed by atoms with Gasteiger partial charge in [-0.15, -0.1) is 13.2 Å². The molecule has 0 unspecified atom stereocenters. The largest absolute Gasteiger partial charge is 0.573 e. The molecule has 2 heterocycles. The van der Waals surface area contributed by atoms with Crippen molar-refractivity contribution in [2.24, 2.45) is 0 Å². The second-order valence-corrected chi connectivity index (χ2v) is 12.1. The normalized spacial score (nSPS) is 13.6. The summed E-state index contributed by atoms with van der Waals surface area (Å²) in [6, 6.07) is 1.39. The van der Waals surface area contributed by atoms with Crippen LogP contribution in [-0.2, 0) is 11.3 Å². The highest BCUT2D eigenvalue weighted by atomic mass is 79.9. The van der Waals surface area contributed by atoms with Crippen LogP contribution in [0.4, 0.5) is 74.6 Å². The van der Waals surface area contributed by atoms with Gasteiger partial charge in [0.1, 0.15) is 11.4 Å². The predicted octanol–water partition coefficient (Wildman–Crippen LogP) is 12.1. The second-order valence-electron chi connectivity index (χ2n) is 9.50. The van der Waals surface area contributed by atoms with Crippen LogP contribution in [0.1, 0.15) is 11.1 Å². The summed E-state index contributed by atoms with van der Waals surface area (Å²) in [5.74, 6) is -1.52. The summed E-state index contributed by atoms with van der Waals surface area (Å²) in [6.45, 7) is 0. The van der Waals surface area contributed by atoms with Crippen molar-refractivity contribution in [3.8, 4) is 17.1 Å². The summed E-state index contributed by atoms with van der Waals surface area (Å²) < 4.78 is 225. The standard InChI is InChI=1S/C13H5BrF10N2O.C12H4BrCl2F7N2/c14-7-4-6(10(15,11(16,17)18)12(19,20)21)5-8(27-13(22,23)24)9(7)26-3-1-2-25-26;13-6-3-23-24(4-6)9-7(14)1-5(2-8(9)15)10(16,11(17,18)19)12(20,21)22/h1-5H;1-4H. The molecule has 4 rings (SSSR count). The maximum Gasteiger partial charge on any atom is 0.573 e. The van der Waals surface area contributed by atoms with Crippen LogP contribution in [0, 0.1) is 0 Å². The monoisotopic (exact) mass is 932 g/mol. The van der Waals surface area contributed by atoms with E-state index in [1.165, 1.54) is 18.5 Å². The Morgan fingerprint density at radius 1 is 0.588 bits per heavy atom. The first-order chi connectivity index (χ1) is 22.9. The van der Waals surface area contributed by atoms with Gasteiger partial charge < -0.3 is 4.74 Å². The summed E-state index contributed by atoms with van der Waals surface area (Å²) in [4.78, 5) is 0. The van der Waals surface area contributed by atoms with Gasteiger partial charge in [-0.1, -0.05) is 23.2 Å². The first kappa shape index (κ1) is 42.4. The topological polar surface area (TPSA) is 44.9 Å². The van der Waals surface area contributed by atoms with E-state index in [2.05, 4.69) is 46.8 Å². The van der Waals surface area contributed by atoms with E-state index < -0.39 is 79.5 Å². The first-order valence-electron chi connectivity index (χ1n) is 12.3. The highest BCUT2D eigenvalue weighted by Crippen LogP contribution is 2.56. The van der Waals surface area contributed by atoms with E-state index in [9.17, 15) is 74.6 Å². The van der Waals surface area contributed by atoms with Crippen LogP contribution < -0.4 is 4.74 Å². The van der Waals surface area contributed by atoms with Gasteiger partial charge in [0.05, 0.1) is 20.7 Å². The van der Waals surface area contributed by atoms with Crippen LogP contribution in [0.2, 0.25) is 10.0 Å². The number of halogens is 21. The summed E-state index contributed by atoms with van der Waals surface area (Å²) in [5, 5.41) is 6.02. The van der Waals surface area contributed by atoms with Crippen LogP contribution in [0.5, 0.6) is 5.75 Å². The fourth-order valence-electron chi connectivity index (χ4n) is 3.98. The zero-order valence-electron chi connectivity index (χ0n) is 23.3. The number of rotatable bonds is 5. The van der Waals surface area contributed by atoms with Crippen molar-refractivity contribution in [2.75, 3.05) is 0 Å². The zero-order chi connectivity index (χ0) is 39.3. The molecule has 0 aliphatic carbocycles. The molecular weight excluding hydrogens is 926 g/mol. The molecular formula is C25H9Br2Cl2F17N4O. The Hall–Kier alpha value is -2.99. The summed E-state index contributed by atoms with van der Waals surface area (Å²) in [7, 11) is 0. The number of aromatic nitrogens is 4. The molecule has 0 saturated carbocycles. The molecule has 0 N–H and O–H groups in total. The number of hydrogen-bond donors (Lipinski definition) is 0. The molecule has 0 saturated heterocycles. The molecule has 0 amide bonds. The third kappa shape index (κ3) is 8.47. The van der Waals surface area contributed by atoms with Crippen LogP contribution >= 0.6 is 55.1 Å². The van der Waals surface area contributed by atoms with E-state index in [0.29, 0.717) is 9.15 Å². The lowest BCUT2D eigenvalue weighted by Gasteiger charge is -2.31. The molecule has 0 fully saturated rings. The quantitative estimate of drug-likeness (QED) is 0.187. The SMILES string of the molecule is FC(F)(F)C(F)(c1cc(Cl)c(-n2cc(Br)cn2)c(Cl)c1)C(F)(F)F.FC(F)(F)Oc1cc(C(F)(C(F)(F)F)C(F)(F)F)cc(Br)c1-n1cccn1. The fraction of sp³-hybridized carbons (Fsp3) is 0.280. The Morgan fingerprint density at radius 3 is 1.39 bits per heavy atom. The fourth-order valence-corrected chi connectivity index (χ4v) is 5.55. The van der Waals surface area contributed by atoms with Crippen molar-refractivity contribution in [3.05, 3.63) is 85.2 Å². The van der Waals surface area contributed by atoms with Crippen molar-refractivity contribution >= 4 is 55.1 Å². The van der Waals surface area contributed by atoms with Gasteiger partial charge in [-0.2, -0.15) is 62.9 Å². The van der Waals surface area contributed by atoms with E-state index in [1.54, 1.807) is 0 Å². The van der Waals surface area contributed by atoms with Crippen LogP contribution in [0.3, 0.4) is 0 Å². The van der Waals surface area contributed by atoms with Crippen molar-refractivity contribution in [2.45, 2.75) is 42.4 Å². The lowest BCUT2D eigenvalue weighted by atomic mass is 9.93. The highest BCUT2D eigenvalue weighted by Gasteiger charge is 2.74. The van der Waals surface area contributed by atoms with Crippen molar-refractivity contribution in [1.29, 1.82) is 0 Å². The van der Waals surface area contributed by atoms with E-state index in [1.807, 2.05) is 0 Å². The number of nitrogens with zero attached hydrogens (tertiary/aromatic N) is 4. The molecule has 5 nitrogen and oxygen atoms in total. The van der Waals surface area contributed by atoms with Gasteiger partial charge in [0.2, 0.25) is 0 Å². The summed E-state index contributed by atoms with van der Waals surface area (Å²) in [5.41, 5.74) is -16.4. The average molecular weight is 935 g/mol. The smallest absolute Gasteiger partial charge is 0.403 e. The van der Waals surface area contributed by atoms with E-state index >= 15 is 0 Å². The molecule has 51 heavy (non-hydrogen) atoms. The number of alkyl halides is 17. The van der Waals surface area contributed by atoms with Gasteiger partial charge >= 0.3 is 42.4 Å². The van der Waals surface area contributed by atoms with Crippen LogP contribution in [0.15, 0.2) is 64.1 Å². The Balaban J connectivity index is 0.000000277. The lowest BCUT2D eigenvalue weighted by molar-refractivity contribution is -0.349. The Kier molecular flexibility index (Phi) is 11.7. The third-order valence-corrected chi connectivity index (χ3v) is 7.73. The minimum absolute atomic E-state index is 0.0568. The minimum atomic E-state index is -6.51. The average Bonchev–Trinajstić information content (AvgIpc) is 3.60. The molecule has 282 valence electrons. The first-order valence-corrected chi connectivity index (χ1v) is 14.7. The summed E-state index contributed by atoms with van der Waals surface area (Å²) >= 11 is 17.0. The van der Waals surface area contributed by atoms with Crippen LogP contribution in [0.25, 0.3) is 11.4 Å². The number of benzene rings is 2. The van der Waals surface area contributed by atoms with Gasteiger partial charge in [0.15, 0.2) is 5.75 Å². The molecule has 0 spiro atoms. The highest BCUT2D eigenvalue weighted by molar-refractivity contribution is 9.10. The van der Waals surface area contributed by atoms with E-state index in [-0.39, 0.29) is 30.0 Å². The predicted molar refractivity (Wildman–Crippen MR) is 149 cm³/mol. The second kappa shape index (κ2) is 14.1. The Bertz CT molecular complexity index is 1800. The number of hydrogen-bond acceptors (Lipinski definition) is 3. The summed E-state index contributed by atoms with van der Waals surface area (Å²) in [6.07, 6.45) is -26.3. The zero-order valence-corrected chi connectivity index (χ0v) is 28.0. The van der Waals surface area contributed by atoms with Gasteiger partial charge in [0.25, 0.3) is 0 Å². The van der Waals surface area contributed by atoms with E-state index in [4.69, 9.17) is 23.2 Å². The molecule has 0 aliphatic heterocycles. The molecule has 0 atom stereocenters.